The Kier molecular flexibility index (Phi) is 5.94. The quantitative estimate of drug-likeness (QED) is 0.574. The second kappa shape index (κ2) is 9.17. The average Bonchev–Trinajstić information content (AvgIpc) is 2.85. The third kappa shape index (κ3) is 4.53. The Morgan fingerprint density at radius 1 is 1.00 bits per heavy atom. The van der Waals surface area contributed by atoms with Crippen molar-refractivity contribution in [2.45, 2.75) is 32.7 Å². The molecule has 5 rings (SSSR count). The molecule has 0 saturated carbocycles. The molecule has 0 N–H and O–H groups in total. The van der Waals surface area contributed by atoms with Gasteiger partial charge in [0.05, 0.1) is 17.8 Å². The van der Waals surface area contributed by atoms with Crippen molar-refractivity contribution in [3.8, 4) is 11.6 Å². The van der Waals surface area contributed by atoms with Crippen LogP contribution in [0.2, 0.25) is 0 Å². The third-order valence-electron chi connectivity index (χ3n) is 6.43. The van der Waals surface area contributed by atoms with Crippen molar-refractivity contribution in [3.63, 3.8) is 0 Å². The van der Waals surface area contributed by atoms with Crippen molar-refractivity contribution >= 4 is 11.9 Å². The lowest BCUT2D eigenvalue weighted by Crippen LogP contribution is -2.38. The van der Waals surface area contributed by atoms with Gasteiger partial charge in [0.25, 0.3) is 5.91 Å². The van der Waals surface area contributed by atoms with Crippen molar-refractivity contribution in [2.24, 2.45) is 5.92 Å². The lowest BCUT2D eigenvalue weighted by Gasteiger charge is -2.33. The number of halogens is 1. The van der Waals surface area contributed by atoms with Gasteiger partial charge >= 0.3 is 0 Å². The van der Waals surface area contributed by atoms with E-state index in [9.17, 15) is 9.18 Å². The lowest BCUT2D eigenvalue weighted by molar-refractivity contribution is 0.0732. The van der Waals surface area contributed by atoms with Crippen LogP contribution in [0.4, 0.5) is 10.3 Å². The molecule has 0 aliphatic carbocycles. The highest BCUT2D eigenvalue weighted by atomic mass is 19.1. The number of piperidine rings is 1. The molecule has 2 aromatic carbocycles. The van der Waals surface area contributed by atoms with E-state index < -0.39 is 5.82 Å². The first kappa shape index (κ1) is 21.4. The van der Waals surface area contributed by atoms with Gasteiger partial charge in [-0.3, -0.25) is 4.79 Å². The summed E-state index contributed by atoms with van der Waals surface area (Å²) in [5.41, 5.74) is 2.24. The summed E-state index contributed by atoms with van der Waals surface area (Å²) in [6.07, 6.45) is 2.77. The second-order valence-electron chi connectivity index (χ2n) is 8.80. The first-order valence-corrected chi connectivity index (χ1v) is 11.5. The fourth-order valence-electron chi connectivity index (χ4n) is 4.37. The summed E-state index contributed by atoms with van der Waals surface area (Å²) in [5.74, 6) is 1.24. The van der Waals surface area contributed by atoms with E-state index in [1.807, 2.05) is 30.3 Å². The SMILES string of the molecule is CC1CCN(c2nc3c(c(Oc4ccccc4F)n2)CN(C(=O)c2ccccc2)CC3)CC1. The van der Waals surface area contributed by atoms with Gasteiger partial charge in [0.2, 0.25) is 11.8 Å². The number of rotatable bonds is 4. The van der Waals surface area contributed by atoms with Crippen molar-refractivity contribution < 1.29 is 13.9 Å². The average molecular weight is 447 g/mol. The van der Waals surface area contributed by atoms with Gasteiger partial charge in [-0.25, -0.2) is 9.37 Å². The smallest absolute Gasteiger partial charge is 0.254 e. The summed E-state index contributed by atoms with van der Waals surface area (Å²) >= 11 is 0. The molecule has 33 heavy (non-hydrogen) atoms. The monoisotopic (exact) mass is 446 g/mol. The minimum atomic E-state index is -0.453. The topological polar surface area (TPSA) is 58.6 Å². The highest BCUT2D eigenvalue weighted by molar-refractivity contribution is 5.94. The first-order chi connectivity index (χ1) is 16.1. The van der Waals surface area contributed by atoms with E-state index in [0.717, 1.165) is 37.2 Å². The van der Waals surface area contributed by atoms with Crippen LogP contribution in [0.15, 0.2) is 54.6 Å². The Hall–Kier alpha value is -3.48. The van der Waals surface area contributed by atoms with E-state index in [4.69, 9.17) is 14.7 Å². The molecule has 7 heteroatoms. The molecular formula is C26H27FN4O2. The van der Waals surface area contributed by atoms with Crippen LogP contribution in [0.1, 0.15) is 41.4 Å². The molecule has 0 unspecified atom stereocenters. The Labute approximate surface area is 193 Å². The predicted octanol–water partition coefficient (Wildman–Crippen LogP) is 4.84. The lowest BCUT2D eigenvalue weighted by atomic mass is 9.99. The largest absolute Gasteiger partial charge is 0.435 e. The minimum Gasteiger partial charge on any atom is -0.435 e. The zero-order chi connectivity index (χ0) is 22.8. The molecule has 3 heterocycles. The van der Waals surface area contributed by atoms with Crippen LogP contribution in [0, 0.1) is 11.7 Å². The summed E-state index contributed by atoms with van der Waals surface area (Å²) in [7, 11) is 0. The fourth-order valence-corrected chi connectivity index (χ4v) is 4.37. The van der Waals surface area contributed by atoms with Crippen molar-refractivity contribution in [3.05, 3.63) is 77.2 Å². The molecular weight excluding hydrogens is 419 g/mol. The summed E-state index contributed by atoms with van der Waals surface area (Å²) in [4.78, 5) is 26.6. The van der Waals surface area contributed by atoms with Crippen LogP contribution < -0.4 is 9.64 Å². The fraction of sp³-hybridized carbons (Fsp3) is 0.346. The number of para-hydroxylation sites is 1. The van der Waals surface area contributed by atoms with E-state index in [1.54, 1.807) is 23.1 Å². The van der Waals surface area contributed by atoms with E-state index in [2.05, 4.69) is 11.8 Å². The summed E-state index contributed by atoms with van der Waals surface area (Å²) in [5, 5.41) is 0. The number of benzene rings is 2. The molecule has 170 valence electrons. The van der Waals surface area contributed by atoms with Gasteiger partial charge in [-0.2, -0.15) is 4.98 Å². The number of ether oxygens (including phenoxy) is 1. The zero-order valence-corrected chi connectivity index (χ0v) is 18.7. The molecule has 2 aliphatic rings. The number of aromatic nitrogens is 2. The van der Waals surface area contributed by atoms with Gasteiger partial charge in [-0.05, 0) is 43.0 Å². The van der Waals surface area contributed by atoms with E-state index in [-0.39, 0.29) is 11.7 Å². The Balaban J connectivity index is 1.49. The van der Waals surface area contributed by atoms with Crippen LogP contribution in [0.3, 0.4) is 0 Å². The van der Waals surface area contributed by atoms with Gasteiger partial charge in [-0.15, -0.1) is 0 Å². The summed E-state index contributed by atoms with van der Waals surface area (Å²) in [6, 6.07) is 15.5. The molecule has 3 aromatic rings. The number of hydrogen-bond acceptors (Lipinski definition) is 5. The molecule has 1 aromatic heterocycles. The maximum atomic E-state index is 14.4. The van der Waals surface area contributed by atoms with E-state index in [1.165, 1.54) is 6.07 Å². The number of carbonyl (C=O) groups is 1. The number of anilines is 1. The maximum absolute atomic E-state index is 14.4. The number of carbonyl (C=O) groups excluding carboxylic acids is 1. The Morgan fingerprint density at radius 3 is 2.48 bits per heavy atom. The maximum Gasteiger partial charge on any atom is 0.254 e. The molecule has 0 radical (unpaired) electrons. The number of amides is 1. The van der Waals surface area contributed by atoms with Gasteiger partial charge in [0, 0.05) is 31.6 Å². The Bertz CT molecular complexity index is 1150. The second-order valence-corrected chi connectivity index (χ2v) is 8.80. The molecule has 1 amide bonds. The van der Waals surface area contributed by atoms with Gasteiger partial charge in [-0.1, -0.05) is 37.3 Å². The highest BCUT2D eigenvalue weighted by Gasteiger charge is 2.29. The zero-order valence-electron chi connectivity index (χ0n) is 18.7. The van der Waals surface area contributed by atoms with Crippen LogP contribution in [-0.2, 0) is 13.0 Å². The van der Waals surface area contributed by atoms with E-state index in [0.29, 0.717) is 42.8 Å². The molecule has 0 bridgehead atoms. The summed E-state index contributed by atoms with van der Waals surface area (Å²) in [6.45, 7) is 4.92. The van der Waals surface area contributed by atoms with Crippen LogP contribution >= 0.6 is 0 Å². The van der Waals surface area contributed by atoms with Gasteiger partial charge in [0.1, 0.15) is 0 Å². The van der Waals surface area contributed by atoms with Crippen molar-refractivity contribution in [2.75, 3.05) is 24.5 Å². The molecule has 0 atom stereocenters. The molecule has 6 nitrogen and oxygen atoms in total. The number of hydrogen-bond donors (Lipinski definition) is 0. The minimum absolute atomic E-state index is 0.0489. The Morgan fingerprint density at radius 2 is 1.73 bits per heavy atom. The predicted molar refractivity (Wildman–Crippen MR) is 124 cm³/mol. The molecule has 2 aliphatic heterocycles. The molecule has 1 saturated heterocycles. The van der Waals surface area contributed by atoms with Crippen LogP contribution in [-0.4, -0.2) is 40.4 Å². The van der Waals surface area contributed by atoms with Crippen LogP contribution in [0.25, 0.3) is 0 Å². The third-order valence-corrected chi connectivity index (χ3v) is 6.43. The van der Waals surface area contributed by atoms with Crippen molar-refractivity contribution in [1.29, 1.82) is 0 Å². The number of fused-ring (bicyclic) bond motifs is 1. The van der Waals surface area contributed by atoms with Gasteiger partial charge < -0.3 is 14.5 Å². The highest BCUT2D eigenvalue weighted by Crippen LogP contribution is 2.33. The molecule has 1 fully saturated rings. The standard InChI is InChI=1S/C26H27FN4O2/c1-18-11-14-30(15-12-18)26-28-22-13-16-31(25(32)19-7-3-2-4-8-19)17-20(22)24(29-26)33-23-10-6-5-9-21(23)27/h2-10,18H,11-17H2,1H3. The number of nitrogens with zero attached hydrogens (tertiary/aromatic N) is 4. The first-order valence-electron chi connectivity index (χ1n) is 11.5. The van der Waals surface area contributed by atoms with Crippen molar-refractivity contribution in [1.82, 2.24) is 14.9 Å². The normalized spacial score (nSPS) is 16.4. The summed E-state index contributed by atoms with van der Waals surface area (Å²) < 4.78 is 20.4. The van der Waals surface area contributed by atoms with E-state index >= 15 is 0 Å². The molecule has 0 spiro atoms. The van der Waals surface area contributed by atoms with Gasteiger partial charge in [0.15, 0.2) is 11.6 Å². The van der Waals surface area contributed by atoms with Crippen LogP contribution in [0.5, 0.6) is 11.6 Å².